The smallest absolute Gasteiger partial charge is 0.317 e. The minimum Gasteiger partial charge on any atom is -0.481 e. The Morgan fingerprint density at radius 1 is 1.14 bits per heavy atom. The zero-order chi connectivity index (χ0) is 15.4. The number of nitrogens with one attached hydrogen (secondary N) is 1. The van der Waals surface area contributed by atoms with Gasteiger partial charge in [0.15, 0.2) is 0 Å². The summed E-state index contributed by atoms with van der Waals surface area (Å²) < 4.78 is 0. The summed E-state index contributed by atoms with van der Waals surface area (Å²) >= 11 is 1.93. The molecule has 6 heteroatoms. The standard InChI is InChI=1S/C15H26N2O3S/c1-10-8-17(9-11(2)21-10)15(20)16-7-12-3-5-13(6-4-12)14(18)19/h10-13H,3-9H2,1-2H3,(H,16,20)(H,18,19). The van der Waals surface area contributed by atoms with Crippen LogP contribution in [0.15, 0.2) is 0 Å². The zero-order valence-electron chi connectivity index (χ0n) is 12.9. The van der Waals surface area contributed by atoms with Crippen molar-refractivity contribution in [3.63, 3.8) is 0 Å². The molecule has 2 rings (SSSR count). The van der Waals surface area contributed by atoms with E-state index < -0.39 is 5.97 Å². The number of rotatable bonds is 3. The maximum Gasteiger partial charge on any atom is 0.317 e. The Bertz CT molecular complexity index is 373. The lowest BCUT2D eigenvalue weighted by Gasteiger charge is -2.35. The van der Waals surface area contributed by atoms with E-state index >= 15 is 0 Å². The van der Waals surface area contributed by atoms with Crippen LogP contribution in [0, 0.1) is 11.8 Å². The molecule has 21 heavy (non-hydrogen) atoms. The Morgan fingerprint density at radius 2 is 1.71 bits per heavy atom. The van der Waals surface area contributed by atoms with Gasteiger partial charge >= 0.3 is 12.0 Å². The largest absolute Gasteiger partial charge is 0.481 e. The van der Waals surface area contributed by atoms with E-state index in [0.717, 1.165) is 38.8 Å². The average Bonchev–Trinajstić information content (AvgIpc) is 2.44. The number of nitrogens with zero attached hydrogens (tertiary/aromatic N) is 1. The van der Waals surface area contributed by atoms with Gasteiger partial charge in [-0.3, -0.25) is 4.79 Å². The van der Waals surface area contributed by atoms with Gasteiger partial charge in [-0.15, -0.1) is 0 Å². The number of aliphatic carboxylic acids is 1. The second-order valence-electron chi connectivity index (χ2n) is 6.40. The second kappa shape index (κ2) is 7.38. The van der Waals surface area contributed by atoms with Gasteiger partial charge in [-0.25, -0.2) is 4.79 Å². The molecule has 1 saturated heterocycles. The molecule has 2 fully saturated rings. The number of urea groups is 1. The monoisotopic (exact) mass is 314 g/mol. The van der Waals surface area contributed by atoms with Crippen molar-refractivity contribution in [2.75, 3.05) is 19.6 Å². The summed E-state index contributed by atoms with van der Waals surface area (Å²) in [7, 11) is 0. The predicted octanol–water partition coefficient (Wildman–Crippen LogP) is 2.41. The summed E-state index contributed by atoms with van der Waals surface area (Å²) in [5.74, 6) is -0.428. The first-order valence-corrected chi connectivity index (χ1v) is 8.81. The van der Waals surface area contributed by atoms with Crippen LogP contribution in [0.4, 0.5) is 4.79 Å². The van der Waals surface area contributed by atoms with Crippen LogP contribution in [0.3, 0.4) is 0 Å². The van der Waals surface area contributed by atoms with E-state index in [1.165, 1.54) is 0 Å². The van der Waals surface area contributed by atoms with Gasteiger partial charge in [0, 0.05) is 30.1 Å². The zero-order valence-corrected chi connectivity index (χ0v) is 13.7. The van der Waals surface area contributed by atoms with Crippen LogP contribution in [0.5, 0.6) is 0 Å². The fourth-order valence-electron chi connectivity index (χ4n) is 3.30. The number of hydrogen-bond donors (Lipinski definition) is 2. The maximum absolute atomic E-state index is 12.2. The van der Waals surface area contributed by atoms with E-state index in [1.807, 2.05) is 16.7 Å². The van der Waals surface area contributed by atoms with Gasteiger partial charge in [0.1, 0.15) is 0 Å². The van der Waals surface area contributed by atoms with Crippen LogP contribution in [-0.4, -0.2) is 52.1 Å². The molecule has 2 amide bonds. The lowest BCUT2D eigenvalue weighted by Crippen LogP contribution is -2.49. The number of carboxylic acids is 1. The fourth-order valence-corrected chi connectivity index (χ4v) is 4.63. The maximum atomic E-state index is 12.2. The number of carbonyl (C=O) groups is 2. The highest BCUT2D eigenvalue weighted by molar-refractivity contribution is 8.00. The highest BCUT2D eigenvalue weighted by atomic mass is 32.2. The predicted molar refractivity (Wildman–Crippen MR) is 84.6 cm³/mol. The molecule has 1 saturated carbocycles. The Morgan fingerprint density at radius 3 is 2.24 bits per heavy atom. The first kappa shape index (κ1) is 16.5. The summed E-state index contributed by atoms with van der Waals surface area (Å²) in [5, 5.41) is 13.0. The van der Waals surface area contributed by atoms with Crippen molar-refractivity contribution in [3.05, 3.63) is 0 Å². The molecule has 1 aliphatic carbocycles. The van der Waals surface area contributed by atoms with Crippen molar-refractivity contribution in [2.24, 2.45) is 11.8 Å². The summed E-state index contributed by atoms with van der Waals surface area (Å²) in [6.07, 6.45) is 3.29. The molecular formula is C15H26N2O3S. The van der Waals surface area contributed by atoms with E-state index in [2.05, 4.69) is 19.2 Å². The van der Waals surface area contributed by atoms with Crippen molar-refractivity contribution < 1.29 is 14.7 Å². The summed E-state index contributed by atoms with van der Waals surface area (Å²) in [6.45, 7) is 6.62. The molecular weight excluding hydrogens is 288 g/mol. The van der Waals surface area contributed by atoms with Crippen LogP contribution in [0.1, 0.15) is 39.5 Å². The van der Waals surface area contributed by atoms with E-state index in [9.17, 15) is 9.59 Å². The molecule has 2 N–H and O–H groups in total. The highest BCUT2D eigenvalue weighted by Gasteiger charge is 2.28. The summed E-state index contributed by atoms with van der Waals surface area (Å²) in [5.41, 5.74) is 0. The van der Waals surface area contributed by atoms with E-state index in [4.69, 9.17) is 5.11 Å². The number of carbonyl (C=O) groups excluding carboxylic acids is 1. The molecule has 5 nitrogen and oxygen atoms in total. The van der Waals surface area contributed by atoms with Crippen molar-refractivity contribution in [2.45, 2.75) is 50.0 Å². The van der Waals surface area contributed by atoms with E-state index in [-0.39, 0.29) is 11.9 Å². The van der Waals surface area contributed by atoms with Gasteiger partial charge in [-0.05, 0) is 31.6 Å². The SMILES string of the molecule is CC1CN(C(=O)NCC2CCC(C(=O)O)CC2)CC(C)S1. The molecule has 1 heterocycles. The molecule has 2 aliphatic rings. The number of thioether (sulfide) groups is 1. The Balaban J connectivity index is 1.71. The third-order valence-corrected chi connectivity index (χ3v) is 5.67. The second-order valence-corrected chi connectivity index (χ2v) is 8.29. The normalized spacial score (nSPS) is 33.5. The first-order valence-electron chi connectivity index (χ1n) is 7.86. The lowest BCUT2D eigenvalue weighted by molar-refractivity contribution is -0.143. The molecule has 0 bridgehead atoms. The molecule has 0 radical (unpaired) electrons. The molecule has 120 valence electrons. The van der Waals surface area contributed by atoms with Gasteiger partial charge in [0.2, 0.25) is 0 Å². The Labute approximate surface area is 130 Å². The fraction of sp³-hybridized carbons (Fsp3) is 0.867. The van der Waals surface area contributed by atoms with Crippen molar-refractivity contribution in [3.8, 4) is 0 Å². The van der Waals surface area contributed by atoms with Crippen LogP contribution in [0.25, 0.3) is 0 Å². The lowest BCUT2D eigenvalue weighted by atomic mass is 9.82. The van der Waals surface area contributed by atoms with Crippen LogP contribution < -0.4 is 5.32 Å². The van der Waals surface area contributed by atoms with Gasteiger partial charge in [0.05, 0.1) is 5.92 Å². The molecule has 0 aromatic rings. The summed E-state index contributed by atoms with van der Waals surface area (Å²) in [4.78, 5) is 25.0. The van der Waals surface area contributed by atoms with Crippen LogP contribution in [-0.2, 0) is 4.79 Å². The van der Waals surface area contributed by atoms with Gasteiger partial charge < -0.3 is 15.3 Å². The molecule has 1 aliphatic heterocycles. The quantitative estimate of drug-likeness (QED) is 0.839. The molecule has 2 unspecified atom stereocenters. The van der Waals surface area contributed by atoms with Gasteiger partial charge in [-0.1, -0.05) is 13.8 Å². The minimum absolute atomic E-state index is 0.0364. The molecule has 0 spiro atoms. The van der Waals surface area contributed by atoms with Crippen molar-refractivity contribution in [1.82, 2.24) is 10.2 Å². The third-order valence-electron chi connectivity index (χ3n) is 4.44. The highest BCUT2D eigenvalue weighted by Crippen LogP contribution is 2.29. The molecule has 0 aromatic carbocycles. The number of hydrogen-bond acceptors (Lipinski definition) is 3. The third kappa shape index (κ3) is 4.80. The molecule has 0 aromatic heterocycles. The summed E-state index contributed by atoms with van der Waals surface area (Å²) in [6, 6.07) is 0.0364. The van der Waals surface area contributed by atoms with Crippen LogP contribution in [0.2, 0.25) is 0 Å². The minimum atomic E-state index is -0.675. The Hall–Kier alpha value is -0.910. The van der Waals surface area contributed by atoms with Crippen molar-refractivity contribution >= 4 is 23.8 Å². The van der Waals surface area contributed by atoms with Gasteiger partial charge in [0.25, 0.3) is 0 Å². The van der Waals surface area contributed by atoms with E-state index in [0.29, 0.717) is 23.0 Å². The molecule has 2 atom stereocenters. The van der Waals surface area contributed by atoms with Crippen LogP contribution >= 0.6 is 11.8 Å². The van der Waals surface area contributed by atoms with Crippen molar-refractivity contribution in [1.29, 1.82) is 0 Å². The number of amides is 2. The first-order chi connectivity index (χ1) is 9.95. The number of carboxylic acid groups (broad SMARTS) is 1. The van der Waals surface area contributed by atoms with Gasteiger partial charge in [-0.2, -0.15) is 11.8 Å². The Kier molecular flexibility index (Phi) is 5.79. The average molecular weight is 314 g/mol. The topological polar surface area (TPSA) is 69.6 Å². The van der Waals surface area contributed by atoms with E-state index in [1.54, 1.807) is 0 Å².